The van der Waals surface area contributed by atoms with Gasteiger partial charge in [-0.15, -0.1) is 0 Å². The molecule has 0 spiro atoms. The molecule has 0 aromatic heterocycles. The third-order valence-corrected chi connectivity index (χ3v) is 1.85. The molecule has 0 unspecified atom stereocenters. The van der Waals surface area contributed by atoms with Gasteiger partial charge in [-0.2, -0.15) is 0 Å². The van der Waals surface area contributed by atoms with Crippen molar-refractivity contribution in [1.29, 1.82) is 0 Å². The summed E-state index contributed by atoms with van der Waals surface area (Å²) in [5.74, 6) is -0.789. The highest BCUT2D eigenvalue weighted by molar-refractivity contribution is 5.82. The lowest BCUT2D eigenvalue weighted by Gasteiger charge is -2.08. The van der Waals surface area contributed by atoms with Crippen LogP contribution in [0.4, 0.5) is 0 Å². The molecule has 1 rings (SSSR count). The summed E-state index contributed by atoms with van der Waals surface area (Å²) in [6, 6.07) is 0. The van der Waals surface area contributed by atoms with Crippen molar-refractivity contribution in [3.8, 4) is 0 Å². The van der Waals surface area contributed by atoms with Gasteiger partial charge < -0.3 is 9.95 Å². The lowest BCUT2D eigenvalue weighted by molar-refractivity contribution is -0.140. The molecular formula is C7H10N2O2. The van der Waals surface area contributed by atoms with Gasteiger partial charge >= 0.3 is 5.97 Å². The molecule has 1 fully saturated rings. The van der Waals surface area contributed by atoms with Gasteiger partial charge in [-0.25, -0.2) is 6.57 Å². The highest BCUT2D eigenvalue weighted by Gasteiger charge is 2.49. The van der Waals surface area contributed by atoms with Crippen LogP contribution in [0, 0.1) is 6.57 Å². The Morgan fingerprint density at radius 2 is 2.36 bits per heavy atom. The zero-order valence-electron chi connectivity index (χ0n) is 6.13. The van der Waals surface area contributed by atoms with Gasteiger partial charge in [0.1, 0.15) is 5.54 Å². The van der Waals surface area contributed by atoms with E-state index < -0.39 is 11.5 Å². The van der Waals surface area contributed by atoms with Crippen LogP contribution in [0.1, 0.15) is 12.8 Å². The molecule has 0 atom stereocenters. The van der Waals surface area contributed by atoms with Crippen LogP contribution in [0.5, 0.6) is 0 Å². The molecule has 0 heterocycles. The summed E-state index contributed by atoms with van der Waals surface area (Å²) in [5, 5.41) is 11.5. The predicted molar refractivity (Wildman–Crippen MR) is 39.1 cm³/mol. The van der Waals surface area contributed by atoms with Crippen molar-refractivity contribution in [2.24, 2.45) is 0 Å². The molecule has 0 aromatic carbocycles. The van der Waals surface area contributed by atoms with Crippen LogP contribution in [-0.2, 0) is 4.79 Å². The molecule has 0 amide bonds. The van der Waals surface area contributed by atoms with Gasteiger partial charge in [0, 0.05) is 0 Å². The summed E-state index contributed by atoms with van der Waals surface area (Å²) in [6.45, 7) is 7.31. The normalized spacial score (nSPS) is 18.8. The van der Waals surface area contributed by atoms with Crippen molar-refractivity contribution in [3.63, 3.8) is 0 Å². The average molecular weight is 154 g/mol. The van der Waals surface area contributed by atoms with E-state index in [2.05, 4.69) is 10.2 Å². The number of nitrogens with one attached hydrogen (secondary N) is 1. The van der Waals surface area contributed by atoms with Gasteiger partial charge in [-0.1, -0.05) is 0 Å². The van der Waals surface area contributed by atoms with Crippen molar-refractivity contribution in [1.82, 2.24) is 5.32 Å². The first kappa shape index (κ1) is 8.02. The number of rotatable bonds is 4. The molecule has 0 bridgehead atoms. The molecule has 1 aliphatic rings. The van der Waals surface area contributed by atoms with Crippen molar-refractivity contribution in [2.75, 3.05) is 13.1 Å². The summed E-state index contributed by atoms with van der Waals surface area (Å²) in [7, 11) is 0. The Hall–Kier alpha value is -1.08. The second-order valence-electron chi connectivity index (χ2n) is 2.70. The van der Waals surface area contributed by atoms with E-state index >= 15 is 0 Å². The molecule has 4 nitrogen and oxygen atoms in total. The Balaban J connectivity index is 2.26. The smallest absolute Gasteiger partial charge is 0.323 e. The van der Waals surface area contributed by atoms with Crippen LogP contribution in [0.3, 0.4) is 0 Å². The third kappa shape index (κ3) is 1.69. The molecule has 0 saturated heterocycles. The standard InChI is InChI=1S/C7H10N2O2/c1-8-4-5-9-7(2-3-7)6(10)11/h9H,2-5H2,(H,10,11). The first-order chi connectivity index (χ1) is 5.21. The molecule has 1 aliphatic carbocycles. The van der Waals surface area contributed by atoms with E-state index in [0.717, 1.165) is 0 Å². The Bertz CT molecular complexity index is 203. The lowest BCUT2D eigenvalue weighted by Crippen LogP contribution is -2.40. The Morgan fingerprint density at radius 3 is 2.73 bits per heavy atom. The van der Waals surface area contributed by atoms with Gasteiger partial charge in [0.2, 0.25) is 6.54 Å². The van der Waals surface area contributed by atoms with Crippen LogP contribution in [0.15, 0.2) is 0 Å². The maximum absolute atomic E-state index is 10.5. The monoisotopic (exact) mass is 154 g/mol. The summed E-state index contributed by atoms with van der Waals surface area (Å²) in [5.41, 5.74) is -0.676. The molecule has 0 aliphatic heterocycles. The number of carboxylic acid groups (broad SMARTS) is 1. The van der Waals surface area contributed by atoms with Crippen molar-refractivity contribution in [2.45, 2.75) is 18.4 Å². The van der Waals surface area contributed by atoms with Gasteiger partial charge in [0.25, 0.3) is 0 Å². The van der Waals surface area contributed by atoms with Crippen LogP contribution in [-0.4, -0.2) is 29.7 Å². The number of aliphatic carboxylic acids is 1. The SMILES string of the molecule is [C-]#[N+]CCNC1(C(=O)O)CC1. The number of hydrogen-bond acceptors (Lipinski definition) is 2. The summed E-state index contributed by atoms with van der Waals surface area (Å²) in [4.78, 5) is 13.7. The number of carboxylic acids is 1. The quantitative estimate of drug-likeness (QED) is 0.446. The van der Waals surface area contributed by atoms with E-state index in [-0.39, 0.29) is 0 Å². The molecule has 4 heteroatoms. The summed E-state index contributed by atoms with van der Waals surface area (Å²) < 4.78 is 0. The lowest BCUT2D eigenvalue weighted by atomic mass is 10.3. The number of hydrogen-bond donors (Lipinski definition) is 2. The van der Waals surface area contributed by atoms with Crippen LogP contribution in [0.25, 0.3) is 4.85 Å². The second-order valence-corrected chi connectivity index (χ2v) is 2.70. The van der Waals surface area contributed by atoms with E-state index in [1.165, 1.54) is 0 Å². The molecule has 60 valence electrons. The fraction of sp³-hybridized carbons (Fsp3) is 0.714. The minimum absolute atomic E-state index is 0.356. The maximum Gasteiger partial charge on any atom is 0.323 e. The summed E-state index contributed by atoms with van der Waals surface area (Å²) >= 11 is 0. The fourth-order valence-corrected chi connectivity index (χ4v) is 0.942. The van der Waals surface area contributed by atoms with Crippen molar-refractivity contribution >= 4 is 5.97 Å². The predicted octanol–water partition coefficient (Wildman–Crippen LogP) is 0.112. The first-order valence-corrected chi connectivity index (χ1v) is 3.53. The molecule has 1 saturated carbocycles. The Kier molecular flexibility index (Phi) is 2.11. The average Bonchev–Trinajstić information content (AvgIpc) is 2.70. The Labute approximate surface area is 65.0 Å². The van der Waals surface area contributed by atoms with Gasteiger partial charge in [-0.3, -0.25) is 10.1 Å². The van der Waals surface area contributed by atoms with Gasteiger partial charge in [-0.05, 0) is 12.8 Å². The highest BCUT2D eigenvalue weighted by Crippen LogP contribution is 2.35. The van der Waals surface area contributed by atoms with Gasteiger partial charge in [0.15, 0.2) is 0 Å². The zero-order chi connectivity index (χ0) is 8.32. The minimum atomic E-state index is -0.789. The van der Waals surface area contributed by atoms with E-state index in [0.29, 0.717) is 25.9 Å². The van der Waals surface area contributed by atoms with E-state index in [1.54, 1.807) is 0 Å². The topological polar surface area (TPSA) is 53.7 Å². The molecule has 11 heavy (non-hydrogen) atoms. The molecular weight excluding hydrogens is 144 g/mol. The van der Waals surface area contributed by atoms with Gasteiger partial charge in [0.05, 0.1) is 6.54 Å². The van der Waals surface area contributed by atoms with E-state index in [9.17, 15) is 4.79 Å². The Morgan fingerprint density at radius 1 is 1.73 bits per heavy atom. The maximum atomic E-state index is 10.5. The van der Waals surface area contributed by atoms with Crippen LogP contribution in [0.2, 0.25) is 0 Å². The summed E-state index contributed by atoms with van der Waals surface area (Å²) in [6.07, 6.45) is 1.39. The van der Waals surface area contributed by atoms with Crippen LogP contribution < -0.4 is 5.32 Å². The molecule has 2 N–H and O–H groups in total. The number of nitrogens with zero attached hydrogens (tertiary/aromatic N) is 1. The molecule has 0 aromatic rings. The minimum Gasteiger partial charge on any atom is -0.480 e. The number of carbonyl (C=O) groups is 1. The third-order valence-electron chi connectivity index (χ3n) is 1.85. The second kappa shape index (κ2) is 2.89. The first-order valence-electron chi connectivity index (χ1n) is 3.53. The largest absolute Gasteiger partial charge is 0.480 e. The highest BCUT2D eigenvalue weighted by atomic mass is 16.4. The zero-order valence-corrected chi connectivity index (χ0v) is 6.13. The van der Waals surface area contributed by atoms with E-state index in [4.69, 9.17) is 11.7 Å². The fourth-order valence-electron chi connectivity index (χ4n) is 0.942. The molecule has 0 radical (unpaired) electrons. The van der Waals surface area contributed by atoms with Crippen molar-refractivity contribution in [3.05, 3.63) is 11.4 Å². The van der Waals surface area contributed by atoms with Crippen molar-refractivity contribution < 1.29 is 9.90 Å². The van der Waals surface area contributed by atoms with E-state index in [1.807, 2.05) is 0 Å². The van der Waals surface area contributed by atoms with Crippen LogP contribution >= 0.6 is 0 Å².